The van der Waals surface area contributed by atoms with Crippen molar-refractivity contribution in [3.8, 4) is 0 Å². The first-order valence-corrected chi connectivity index (χ1v) is 7.89. The maximum atomic E-state index is 12.3. The van der Waals surface area contributed by atoms with Crippen LogP contribution in [0.1, 0.15) is 26.5 Å². The van der Waals surface area contributed by atoms with Crippen LogP contribution in [-0.4, -0.2) is 43.9 Å². The molecule has 0 aromatic carbocycles. The number of aromatic nitrogens is 3. The van der Waals surface area contributed by atoms with Crippen LogP contribution in [0.25, 0.3) is 0 Å². The molecule has 0 aliphatic carbocycles. The minimum absolute atomic E-state index is 0.123. The minimum Gasteiger partial charge on any atom is -0.467 e. The average Bonchev–Trinajstić information content (AvgIpc) is 3.13. The van der Waals surface area contributed by atoms with Crippen molar-refractivity contribution in [3.63, 3.8) is 0 Å². The van der Waals surface area contributed by atoms with Crippen LogP contribution in [0, 0.1) is 0 Å². The minimum atomic E-state index is -0.190. The van der Waals surface area contributed by atoms with Crippen LogP contribution < -0.4 is 0 Å². The van der Waals surface area contributed by atoms with Gasteiger partial charge in [-0.05, 0) is 32.9 Å². The van der Waals surface area contributed by atoms with Gasteiger partial charge >= 0.3 is 0 Å². The van der Waals surface area contributed by atoms with Gasteiger partial charge in [0.2, 0.25) is 5.91 Å². The molecule has 0 fully saturated rings. The van der Waals surface area contributed by atoms with Gasteiger partial charge in [0, 0.05) is 13.1 Å². The first kappa shape index (κ1) is 15.6. The van der Waals surface area contributed by atoms with E-state index in [0.29, 0.717) is 6.54 Å². The Balaban J connectivity index is 2.03. The molecule has 0 aliphatic heterocycles. The molecule has 1 atom stereocenters. The van der Waals surface area contributed by atoms with Gasteiger partial charge in [0.25, 0.3) is 0 Å². The van der Waals surface area contributed by atoms with Crippen molar-refractivity contribution >= 4 is 17.7 Å². The van der Waals surface area contributed by atoms with Gasteiger partial charge in [-0.1, -0.05) is 11.8 Å². The average molecular weight is 308 g/mol. The second-order valence-electron chi connectivity index (χ2n) is 4.59. The molecule has 1 amide bonds. The summed E-state index contributed by atoms with van der Waals surface area (Å²) in [6.45, 7) is 7.88. The largest absolute Gasteiger partial charge is 0.467 e. The number of amides is 1. The quantitative estimate of drug-likeness (QED) is 0.734. The Labute approximate surface area is 128 Å². The van der Waals surface area contributed by atoms with Crippen LogP contribution in [0.5, 0.6) is 0 Å². The molecule has 2 aromatic rings. The van der Waals surface area contributed by atoms with Gasteiger partial charge in [-0.15, -0.1) is 10.2 Å². The van der Waals surface area contributed by atoms with Gasteiger partial charge in [0.15, 0.2) is 5.16 Å². The van der Waals surface area contributed by atoms with Crippen LogP contribution >= 0.6 is 11.8 Å². The highest BCUT2D eigenvalue weighted by atomic mass is 32.2. The van der Waals surface area contributed by atoms with Gasteiger partial charge in [-0.3, -0.25) is 4.79 Å². The van der Waals surface area contributed by atoms with Crippen molar-refractivity contribution in [2.45, 2.75) is 37.7 Å². The summed E-state index contributed by atoms with van der Waals surface area (Å²) < 4.78 is 7.21. The lowest BCUT2D eigenvalue weighted by Crippen LogP contribution is -2.36. The number of carbonyl (C=O) groups excluding carboxylic acids is 1. The maximum Gasteiger partial charge on any atom is 0.235 e. The second kappa shape index (κ2) is 7.31. The zero-order valence-corrected chi connectivity index (χ0v) is 13.3. The molecular weight excluding hydrogens is 288 g/mol. The summed E-state index contributed by atoms with van der Waals surface area (Å²) in [5.74, 6) is 0.955. The van der Waals surface area contributed by atoms with Crippen LogP contribution in [-0.2, 0) is 11.3 Å². The van der Waals surface area contributed by atoms with Crippen LogP contribution in [0.2, 0.25) is 0 Å². The highest BCUT2D eigenvalue weighted by molar-refractivity contribution is 8.00. The highest BCUT2D eigenvalue weighted by Gasteiger charge is 2.21. The molecule has 0 bridgehead atoms. The summed E-state index contributed by atoms with van der Waals surface area (Å²) in [5.41, 5.74) is 0. The molecule has 21 heavy (non-hydrogen) atoms. The van der Waals surface area contributed by atoms with Gasteiger partial charge in [-0.2, -0.15) is 0 Å². The van der Waals surface area contributed by atoms with Gasteiger partial charge in [0.05, 0.1) is 18.1 Å². The van der Waals surface area contributed by atoms with E-state index < -0.39 is 0 Å². The topological polar surface area (TPSA) is 64.2 Å². The molecule has 2 aromatic heterocycles. The Morgan fingerprint density at radius 3 is 2.86 bits per heavy atom. The van der Waals surface area contributed by atoms with Gasteiger partial charge in [-0.25, -0.2) is 0 Å². The molecule has 0 saturated heterocycles. The molecule has 0 aliphatic rings. The van der Waals surface area contributed by atoms with Crippen molar-refractivity contribution in [1.82, 2.24) is 19.7 Å². The normalized spacial score (nSPS) is 12.3. The lowest BCUT2D eigenvalue weighted by Gasteiger charge is -2.22. The Kier molecular flexibility index (Phi) is 5.44. The van der Waals surface area contributed by atoms with E-state index in [1.807, 2.05) is 42.4 Å². The van der Waals surface area contributed by atoms with E-state index in [2.05, 4.69) is 10.2 Å². The van der Waals surface area contributed by atoms with Crippen molar-refractivity contribution in [2.75, 3.05) is 13.1 Å². The number of furan rings is 1. The van der Waals surface area contributed by atoms with Crippen molar-refractivity contribution < 1.29 is 9.21 Å². The lowest BCUT2D eigenvalue weighted by molar-refractivity contribution is -0.129. The number of hydrogen-bond acceptors (Lipinski definition) is 5. The van der Waals surface area contributed by atoms with Crippen molar-refractivity contribution in [1.29, 1.82) is 0 Å². The van der Waals surface area contributed by atoms with Crippen molar-refractivity contribution in [2.24, 2.45) is 0 Å². The fourth-order valence-electron chi connectivity index (χ4n) is 2.02. The summed E-state index contributed by atoms with van der Waals surface area (Å²) in [7, 11) is 0. The highest BCUT2D eigenvalue weighted by Crippen LogP contribution is 2.23. The summed E-state index contributed by atoms with van der Waals surface area (Å²) in [5, 5.41) is 8.55. The third-order valence-corrected chi connectivity index (χ3v) is 4.27. The van der Waals surface area contributed by atoms with Gasteiger partial charge < -0.3 is 13.9 Å². The zero-order valence-electron chi connectivity index (χ0n) is 12.5. The number of hydrogen-bond donors (Lipinski definition) is 0. The monoisotopic (exact) mass is 308 g/mol. The number of carbonyl (C=O) groups is 1. The number of rotatable bonds is 7. The fraction of sp³-hybridized carbons (Fsp3) is 0.500. The summed E-state index contributed by atoms with van der Waals surface area (Å²) in [6, 6.07) is 3.75. The molecule has 2 rings (SSSR count). The molecule has 0 saturated carbocycles. The molecule has 0 radical (unpaired) electrons. The van der Waals surface area contributed by atoms with Crippen LogP contribution in [0.3, 0.4) is 0 Å². The Hall–Kier alpha value is -1.76. The molecule has 6 nitrogen and oxygen atoms in total. The van der Waals surface area contributed by atoms with Crippen molar-refractivity contribution in [3.05, 3.63) is 30.5 Å². The summed E-state index contributed by atoms with van der Waals surface area (Å²) >= 11 is 1.42. The number of nitrogens with zero attached hydrogens (tertiary/aromatic N) is 4. The summed E-state index contributed by atoms with van der Waals surface area (Å²) in [4.78, 5) is 14.1. The Morgan fingerprint density at radius 2 is 2.24 bits per heavy atom. The Bertz CT molecular complexity index is 563. The maximum absolute atomic E-state index is 12.3. The standard InChI is InChI=1S/C14H20N4O2S/c1-4-17(5-2)13(19)11(3)21-14-16-15-10-18(14)9-12-7-6-8-20-12/h6-8,10-11H,4-5,9H2,1-3H3. The lowest BCUT2D eigenvalue weighted by atomic mass is 10.4. The predicted molar refractivity (Wildman–Crippen MR) is 81.1 cm³/mol. The van der Waals surface area contributed by atoms with E-state index >= 15 is 0 Å². The fourth-order valence-corrected chi connectivity index (χ4v) is 2.92. The molecule has 7 heteroatoms. The van der Waals surface area contributed by atoms with E-state index in [-0.39, 0.29) is 11.2 Å². The third-order valence-electron chi connectivity index (χ3n) is 3.19. The SMILES string of the molecule is CCN(CC)C(=O)C(C)Sc1nncn1Cc1ccco1. The number of thioether (sulfide) groups is 1. The second-order valence-corrected chi connectivity index (χ2v) is 5.90. The van der Waals surface area contributed by atoms with E-state index in [9.17, 15) is 4.79 Å². The summed E-state index contributed by atoms with van der Waals surface area (Å²) in [6.07, 6.45) is 3.29. The van der Waals surface area contributed by atoms with E-state index in [0.717, 1.165) is 24.0 Å². The first-order valence-electron chi connectivity index (χ1n) is 7.01. The van der Waals surface area contributed by atoms with Crippen LogP contribution in [0.4, 0.5) is 0 Å². The van der Waals surface area contributed by atoms with E-state index in [1.165, 1.54) is 11.8 Å². The van der Waals surface area contributed by atoms with E-state index in [1.54, 1.807) is 12.6 Å². The predicted octanol–water partition coefficient (Wildman–Crippen LogP) is 2.27. The molecule has 1 unspecified atom stereocenters. The molecule has 2 heterocycles. The van der Waals surface area contributed by atoms with Gasteiger partial charge in [0.1, 0.15) is 12.1 Å². The zero-order chi connectivity index (χ0) is 15.2. The Morgan fingerprint density at radius 1 is 1.48 bits per heavy atom. The molecule has 114 valence electrons. The molecule has 0 N–H and O–H groups in total. The smallest absolute Gasteiger partial charge is 0.235 e. The molecule has 0 spiro atoms. The van der Waals surface area contributed by atoms with Crippen LogP contribution in [0.15, 0.2) is 34.3 Å². The molecular formula is C14H20N4O2S. The third kappa shape index (κ3) is 3.87. The first-order chi connectivity index (χ1) is 10.2. The van der Waals surface area contributed by atoms with E-state index in [4.69, 9.17) is 4.42 Å².